The van der Waals surface area contributed by atoms with Crippen molar-refractivity contribution >= 4 is 0 Å². The van der Waals surface area contributed by atoms with E-state index in [0.717, 1.165) is 6.42 Å². The Labute approximate surface area is 50.3 Å². The van der Waals surface area contributed by atoms with Crippen LogP contribution in [0.3, 0.4) is 0 Å². The topological polar surface area (TPSA) is 9.23 Å². The molecule has 1 heterocycles. The van der Waals surface area contributed by atoms with Gasteiger partial charge in [0.1, 0.15) is 0 Å². The third kappa shape index (κ3) is 1.25. The van der Waals surface area contributed by atoms with Crippen molar-refractivity contribution < 1.29 is 4.74 Å². The van der Waals surface area contributed by atoms with Gasteiger partial charge < -0.3 is 4.74 Å². The molecule has 1 heteroatoms. The molecule has 0 aromatic rings. The lowest BCUT2D eigenvalue weighted by Crippen LogP contribution is -2.09. The first-order chi connectivity index (χ1) is 3.93. The summed E-state index contributed by atoms with van der Waals surface area (Å²) in [7, 11) is 0. The van der Waals surface area contributed by atoms with Gasteiger partial charge in [-0.1, -0.05) is 6.92 Å². The lowest BCUT2D eigenvalue weighted by Gasteiger charge is -2.16. The molecule has 0 saturated carbocycles. The van der Waals surface area contributed by atoms with Gasteiger partial charge >= 0.3 is 0 Å². The van der Waals surface area contributed by atoms with E-state index in [0.29, 0.717) is 6.10 Å². The Bertz CT molecular complexity index is 86.4. The minimum atomic E-state index is 0.500. The Balaban J connectivity index is 2.27. The summed E-state index contributed by atoms with van der Waals surface area (Å²) >= 11 is 0. The van der Waals surface area contributed by atoms with Crippen molar-refractivity contribution in [2.45, 2.75) is 32.3 Å². The second-order valence-electron chi connectivity index (χ2n) is 2.12. The highest BCUT2D eigenvalue weighted by atomic mass is 16.5. The standard InChI is InChI=1S/C7H12O/c1-2-7-5-3-4-6-8-7/h4,6-7H,2-3,5H2,1H3. The summed E-state index contributed by atoms with van der Waals surface area (Å²) in [6.45, 7) is 2.16. The zero-order valence-electron chi connectivity index (χ0n) is 5.26. The maximum absolute atomic E-state index is 5.25. The number of allylic oxidation sites excluding steroid dienone is 1. The van der Waals surface area contributed by atoms with E-state index in [1.165, 1.54) is 12.8 Å². The molecule has 1 unspecified atom stereocenters. The fraction of sp³-hybridized carbons (Fsp3) is 0.714. The molecule has 0 spiro atoms. The molecule has 8 heavy (non-hydrogen) atoms. The van der Waals surface area contributed by atoms with Gasteiger partial charge in [-0.15, -0.1) is 0 Å². The molecule has 1 rings (SSSR count). The highest BCUT2D eigenvalue weighted by molar-refractivity contribution is 4.81. The van der Waals surface area contributed by atoms with Gasteiger partial charge in [0.05, 0.1) is 12.4 Å². The average Bonchev–Trinajstić information content (AvgIpc) is 1.90. The van der Waals surface area contributed by atoms with E-state index in [9.17, 15) is 0 Å². The summed E-state index contributed by atoms with van der Waals surface area (Å²) in [6.07, 6.45) is 7.93. The Morgan fingerprint density at radius 1 is 1.75 bits per heavy atom. The van der Waals surface area contributed by atoms with Crippen LogP contribution in [0.2, 0.25) is 0 Å². The summed E-state index contributed by atoms with van der Waals surface area (Å²) in [5.41, 5.74) is 0. The fourth-order valence-electron chi connectivity index (χ4n) is 0.885. The minimum absolute atomic E-state index is 0.500. The molecule has 0 radical (unpaired) electrons. The van der Waals surface area contributed by atoms with E-state index in [1.807, 2.05) is 6.26 Å². The van der Waals surface area contributed by atoms with Crippen LogP contribution in [0.5, 0.6) is 0 Å². The number of hydrogen-bond donors (Lipinski definition) is 0. The van der Waals surface area contributed by atoms with Crippen LogP contribution in [0.4, 0.5) is 0 Å². The highest BCUT2D eigenvalue weighted by Crippen LogP contribution is 2.11. The van der Waals surface area contributed by atoms with Crippen LogP contribution in [0.1, 0.15) is 26.2 Å². The van der Waals surface area contributed by atoms with Gasteiger partial charge in [0.2, 0.25) is 0 Å². The molecule has 1 nitrogen and oxygen atoms in total. The van der Waals surface area contributed by atoms with Crippen molar-refractivity contribution in [2.24, 2.45) is 0 Å². The van der Waals surface area contributed by atoms with Gasteiger partial charge in [-0.3, -0.25) is 0 Å². The van der Waals surface area contributed by atoms with Gasteiger partial charge in [-0.25, -0.2) is 0 Å². The molecule has 0 aromatic carbocycles. The van der Waals surface area contributed by atoms with Gasteiger partial charge in [-0.2, -0.15) is 0 Å². The first-order valence-corrected chi connectivity index (χ1v) is 3.24. The molecule has 1 atom stereocenters. The molecule has 0 N–H and O–H groups in total. The molecule has 1 aliphatic heterocycles. The van der Waals surface area contributed by atoms with E-state index in [1.54, 1.807) is 0 Å². The van der Waals surface area contributed by atoms with Crippen LogP contribution in [-0.2, 0) is 4.74 Å². The summed E-state index contributed by atoms with van der Waals surface area (Å²) in [5, 5.41) is 0. The Morgan fingerprint density at radius 2 is 2.62 bits per heavy atom. The van der Waals surface area contributed by atoms with Gasteiger partial charge in [0.25, 0.3) is 0 Å². The summed E-state index contributed by atoms with van der Waals surface area (Å²) in [4.78, 5) is 0. The third-order valence-corrected chi connectivity index (χ3v) is 1.48. The molecule has 0 amide bonds. The largest absolute Gasteiger partial charge is 0.498 e. The van der Waals surface area contributed by atoms with Crippen LogP contribution in [0.15, 0.2) is 12.3 Å². The zero-order chi connectivity index (χ0) is 5.82. The maximum Gasteiger partial charge on any atom is 0.0978 e. The monoisotopic (exact) mass is 112 g/mol. The first-order valence-electron chi connectivity index (χ1n) is 3.24. The SMILES string of the molecule is CCC1CCC=CO1. The first kappa shape index (κ1) is 5.67. The Hall–Kier alpha value is -0.460. The molecule has 0 aromatic heterocycles. The van der Waals surface area contributed by atoms with Crippen molar-refractivity contribution in [3.8, 4) is 0 Å². The van der Waals surface area contributed by atoms with E-state index in [4.69, 9.17) is 4.74 Å². The van der Waals surface area contributed by atoms with Crippen molar-refractivity contribution in [3.05, 3.63) is 12.3 Å². The molecular weight excluding hydrogens is 100 g/mol. The van der Waals surface area contributed by atoms with E-state index < -0.39 is 0 Å². The van der Waals surface area contributed by atoms with Crippen LogP contribution < -0.4 is 0 Å². The molecular formula is C7H12O. The zero-order valence-corrected chi connectivity index (χ0v) is 5.26. The molecule has 1 aliphatic rings. The molecule has 46 valence electrons. The highest BCUT2D eigenvalue weighted by Gasteiger charge is 2.05. The number of rotatable bonds is 1. The third-order valence-electron chi connectivity index (χ3n) is 1.48. The van der Waals surface area contributed by atoms with Gasteiger partial charge in [0.15, 0.2) is 0 Å². The predicted molar refractivity (Wildman–Crippen MR) is 33.5 cm³/mol. The Morgan fingerprint density at radius 3 is 3.00 bits per heavy atom. The second kappa shape index (κ2) is 2.75. The van der Waals surface area contributed by atoms with Crippen molar-refractivity contribution in [3.63, 3.8) is 0 Å². The van der Waals surface area contributed by atoms with Gasteiger partial charge in [-0.05, 0) is 25.3 Å². The van der Waals surface area contributed by atoms with E-state index in [-0.39, 0.29) is 0 Å². The van der Waals surface area contributed by atoms with Crippen molar-refractivity contribution in [1.82, 2.24) is 0 Å². The van der Waals surface area contributed by atoms with E-state index in [2.05, 4.69) is 13.0 Å². The summed E-state index contributed by atoms with van der Waals surface area (Å²) < 4.78 is 5.25. The quantitative estimate of drug-likeness (QED) is 0.504. The van der Waals surface area contributed by atoms with E-state index >= 15 is 0 Å². The lowest BCUT2D eigenvalue weighted by atomic mass is 10.1. The predicted octanol–water partition coefficient (Wildman–Crippen LogP) is 2.09. The normalized spacial score (nSPS) is 27.4. The second-order valence-corrected chi connectivity index (χ2v) is 2.12. The molecule has 0 aliphatic carbocycles. The Kier molecular flexibility index (Phi) is 1.95. The van der Waals surface area contributed by atoms with Crippen LogP contribution in [0.25, 0.3) is 0 Å². The lowest BCUT2D eigenvalue weighted by molar-refractivity contribution is 0.120. The van der Waals surface area contributed by atoms with Gasteiger partial charge in [0, 0.05) is 0 Å². The average molecular weight is 112 g/mol. The molecule has 0 bridgehead atoms. The smallest absolute Gasteiger partial charge is 0.0978 e. The van der Waals surface area contributed by atoms with Crippen LogP contribution in [-0.4, -0.2) is 6.10 Å². The number of hydrogen-bond acceptors (Lipinski definition) is 1. The maximum atomic E-state index is 5.25. The molecule has 0 fully saturated rings. The number of ether oxygens (including phenoxy) is 1. The van der Waals surface area contributed by atoms with Crippen molar-refractivity contribution in [1.29, 1.82) is 0 Å². The van der Waals surface area contributed by atoms with Crippen LogP contribution in [0, 0.1) is 0 Å². The summed E-state index contributed by atoms with van der Waals surface area (Å²) in [5.74, 6) is 0. The summed E-state index contributed by atoms with van der Waals surface area (Å²) in [6, 6.07) is 0. The van der Waals surface area contributed by atoms with Crippen LogP contribution >= 0.6 is 0 Å². The van der Waals surface area contributed by atoms with Crippen molar-refractivity contribution in [2.75, 3.05) is 0 Å². The minimum Gasteiger partial charge on any atom is -0.498 e. The fourth-order valence-corrected chi connectivity index (χ4v) is 0.885. The molecule has 0 saturated heterocycles.